The first-order chi connectivity index (χ1) is 15.2. The average molecular weight is 428 g/mol. The second-order valence-electron chi connectivity index (χ2n) is 8.88. The molecule has 0 heterocycles. The van der Waals surface area contributed by atoms with Crippen molar-refractivity contribution in [3.63, 3.8) is 0 Å². The number of benzene rings is 3. The van der Waals surface area contributed by atoms with E-state index < -0.39 is 4.92 Å². The molecule has 0 spiro atoms. The van der Waals surface area contributed by atoms with Crippen LogP contribution in [-0.2, 0) is 11.2 Å². The number of allylic oxidation sites excluding steroid dienone is 2. The number of aliphatic hydroxyl groups is 1. The molecule has 0 unspecified atom stereocenters. The highest BCUT2D eigenvalue weighted by Gasteiger charge is 2.36. The van der Waals surface area contributed by atoms with Gasteiger partial charge in [0.25, 0.3) is 5.69 Å². The van der Waals surface area contributed by atoms with Crippen LogP contribution in [0.4, 0.5) is 11.4 Å². The van der Waals surface area contributed by atoms with Crippen LogP contribution < -0.4 is 0 Å². The van der Waals surface area contributed by atoms with E-state index in [2.05, 4.69) is 4.99 Å². The molecule has 1 N–H and O–H groups in total. The van der Waals surface area contributed by atoms with Gasteiger partial charge in [0, 0.05) is 18.9 Å². The van der Waals surface area contributed by atoms with E-state index in [1.165, 1.54) is 6.07 Å². The molecule has 0 atom stereocenters. The molecule has 6 heteroatoms. The number of carbonyl (C=O) groups excluding carboxylic acids is 1. The normalized spacial score (nSPS) is 18.7. The Hall–Kier alpha value is -3.80. The maximum absolute atomic E-state index is 13.1. The van der Waals surface area contributed by atoms with Gasteiger partial charge in [0.15, 0.2) is 5.78 Å². The van der Waals surface area contributed by atoms with Gasteiger partial charge < -0.3 is 5.11 Å². The van der Waals surface area contributed by atoms with E-state index in [9.17, 15) is 20.0 Å². The van der Waals surface area contributed by atoms with Crippen molar-refractivity contribution in [3.05, 3.63) is 93.7 Å². The van der Waals surface area contributed by atoms with Crippen molar-refractivity contribution in [2.75, 3.05) is 0 Å². The molecule has 1 aliphatic carbocycles. The van der Waals surface area contributed by atoms with Crippen LogP contribution in [0.15, 0.2) is 83.1 Å². The molecule has 0 saturated heterocycles. The largest absolute Gasteiger partial charge is 0.511 e. The molecule has 1 saturated carbocycles. The van der Waals surface area contributed by atoms with Crippen molar-refractivity contribution in [3.8, 4) is 0 Å². The van der Waals surface area contributed by atoms with Gasteiger partial charge in [0.1, 0.15) is 11.4 Å². The summed E-state index contributed by atoms with van der Waals surface area (Å²) in [5.74, 6) is -0.254. The van der Waals surface area contributed by atoms with E-state index in [0.717, 1.165) is 16.3 Å². The lowest BCUT2D eigenvalue weighted by molar-refractivity contribution is -0.384. The summed E-state index contributed by atoms with van der Waals surface area (Å²) in [5.41, 5.74) is 1.14. The monoisotopic (exact) mass is 428 g/mol. The summed E-state index contributed by atoms with van der Waals surface area (Å²) >= 11 is 0. The molecule has 0 aliphatic heterocycles. The number of Topliss-reactive ketones (excluding diaryl/α,β-unsaturated/α-hetero) is 1. The predicted octanol–water partition coefficient (Wildman–Crippen LogP) is 6.26. The number of nitrogens with zero attached hydrogens (tertiary/aromatic N) is 2. The van der Waals surface area contributed by atoms with Crippen LogP contribution in [0, 0.1) is 15.5 Å². The number of carbonyl (C=O) groups is 1. The van der Waals surface area contributed by atoms with Gasteiger partial charge in [-0.05, 0) is 34.2 Å². The molecule has 0 radical (unpaired) electrons. The van der Waals surface area contributed by atoms with Crippen molar-refractivity contribution in [2.45, 2.75) is 33.1 Å². The van der Waals surface area contributed by atoms with Gasteiger partial charge >= 0.3 is 0 Å². The predicted molar refractivity (Wildman–Crippen MR) is 126 cm³/mol. The first-order valence-electron chi connectivity index (χ1n) is 10.5. The minimum Gasteiger partial charge on any atom is -0.511 e. The summed E-state index contributed by atoms with van der Waals surface area (Å²) in [5, 5.41) is 24.6. The summed E-state index contributed by atoms with van der Waals surface area (Å²) in [6.07, 6.45) is 0.885. The summed E-state index contributed by atoms with van der Waals surface area (Å²) < 4.78 is 0. The maximum atomic E-state index is 13.1. The summed E-state index contributed by atoms with van der Waals surface area (Å²) in [6, 6.07) is 19.9. The van der Waals surface area contributed by atoms with Crippen LogP contribution in [0.25, 0.3) is 10.8 Å². The highest BCUT2D eigenvalue weighted by Crippen LogP contribution is 2.38. The van der Waals surface area contributed by atoms with Gasteiger partial charge in [-0.2, -0.15) is 0 Å². The first kappa shape index (κ1) is 21.4. The lowest BCUT2D eigenvalue weighted by Gasteiger charge is -2.31. The Bertz CT molecular complexity index is 1280. The number of hydrogen-bond donors (Lipinski definition) is 1. The quantitative estimate of drug-likeness (QED) is 0.230. The van der Waals surface area contributed by atoms with E-state index in [4.69, 9.17) is 0 Å². The second kappa shape index (κ2) is 8.38. The number of nitro groups is 1. The minimum absolute atomic E-state index is 0.0563. The second-order valence-corrected chi connectivity index (χ2v) is 8.88. The van der Waals surface area contributed by atoms with E-state index in [0.29, 0.717) is 12.1 Å². The Kier molecular flexibility index (Phi) is 5.61. The highest BCUT2D eigenvalue weighted by molar-refractivity contribution is 6.25. The van der Waals surface area contributed by atoms with Gasteiger partial charge in [-0.25, -0.2) is 4.99 Å². The van der Waals surface area contributed by atoms with E-state index in [1.807, 2.05) is 56.3 Å². The SMILES string of the molecule is CC1(C)CC(=O)/C(=C(/O)Cc2cccc3ccccc23)C(=Nc2ccccc2[N+](=O)[O-])C1. The third-order valence-corrected chi connectivity index (χ3v) is 5.71. The van der Waals surface area contributed by atoms with Gasteiger partial charge in [-0.3, -0.25) is 14.9 Å². The maximum Gasteiger partial charge on any atom is 0.294 e. The summed E-state index contributed by atoms with van der Waals surface area (Å²) in [6.45, 7) is 3.91. The van der Waals surface area contributed by atoms with Crippen molar-refractivity contribution in [1.29, 1.82) is 0 Å². The molecule has 162 valence electrons. The molecule has 1 aliphatic rings. The fourth-order valence-electron chi connectivity index (χ4n) is 4.28. The molecule has 4 rings (SSSR count). The van der Waals surface area contributed by atoms with Crippen LogP contribution in [0.3, 0.4) is 0 Å². The van der Waals surface area contributed by atoms with Crippen LogP contribution in [0.1, 0.15) is 32.3 Å². The number of para-hydroxylation sites is 2. The average Bonchev–Trinajstić information content (AvgIpc) is 2.73. The number of aliphatic imine (C=N–C) groups is 1. The number of ketones is 1. The molecular formula is C26H24N2O4. The highest BCUT2D eigenvalue weighted by atomic mass is 16.6. The van der Waals surface area contributed by atoms with Crippen molar-refractivity contribution in [2.24, 2.45) is 10.4 Å². The third kappa shape index (κ3) is 4.30. The smallest absolute Gasteiger partial charge is 0.294 e. The standard InChI is InChI=1S/C26H24N2O4/c1-26(2)15-21(27-20-12-5-6-13-22(20)28(31)32)25(24(30)16-26)23(29)14-18-10-7-9-17-8-3-4-11-19(17)18/h3-13,29H,14-16H2,1-2H3/b25-23+,27-21?. The molecule has 0 amide bonds. The van der Waals surface area contributed by atoms with Gasteiger partial charge in [-0.15, -0.1) is 0 Å². The molecule has 6 nitrogen and oxygen atoms in total. The van der Waals surface area contributed by atoms with Crippen LogP contribution in [-0.4, -0.2) is 21.5 Å². The van der Waals surface area contributed by atoms with Crippen LogP contribution in [0.2, 0.25) is 0 Å². The van der Waals surface area contributed by atoms with Crippen molar-refractivity contribution in [1.82, 2.24) is 0 Å². The van der Waals surface area contributed by atoms with E-state index in [1.54, 1.807) is 18.2 Å². The molecule has 1 fully saturated rings. The molecule has 0 bridgehead atoms. The lowest BCUT2D eigenvalue weighted by Crippen LogP contribution is -2.32. The fourth-order valence-corrected chi connectivity index (χ4v) is 4.28. The zero-order chi connectivity index (χ0) is 22.9. The van der Waals surface area contributed by atoms with E-state index in [-0.39, 0.29) is 46.7 Å². The Morgan fingerprint density at radius 2 is 1.72 bits per heavy atom. The zero-order valence-corrected chi connectivity index (χ0v) is 18.0. The first-order valence-corrected chi connectivity index (χ1v) is 10.5. The summed E-state index contributed by atoms with van der Waals surface area (Å²) in [4.78, 5) is 28.6. The van der Waals surface area contributed by atoms with Crippen molar-refractivity contribution < 1.29 is 14.8 Å². The number of fused-ring (bicyclic) bond motifs is 1. The molecule has 0 aromatic heterocycles. The fraction of sp³-hybridized carbons (Fsp3) is 0.231. The Labute approximate surface area is 186 Å². The Morgan fingerprint density at radius 3 is 2.50 bits per heavy atom. The zero-order valence-electron chi connectivity index (χ0n) is 18.0. The number of aliphatic hydroxyl groups excluding tert-OH is 1. The third-order valence-electron chi connectivity index (χ3n) is 5.71. The topological polar surface area (TPSA) is 92.8 Å². The number of nitro benzene ring substituents is 1. The van der Waals surface area contributed by atoms with Crippen LogP contribution in [0.5, 0.6) is 0 Å². The Morgan fingerprint density at radius 1 is 1.03 bits per heavy atom. The number of hydrogen-bond acceptors (Lipinski definition) is 5. The molecule has 3 aromatic carbocycles. The van der Waals surface area contributed by atoms with E-state index >= 15 is 0 Å². The van der Waals surface area contributed by atoms with Crippen molar-refractivity contribution >= 4 is 33.6 Å². The van der Waals surface area contributed by atoms with Gasteiger partial charge in [0.2, 0.25) is 0 Å². The molecule has 32 heavy (non-hydrogen) atoms. The Balaban J connectivity index is 1.83. The van der Waals surface area contributed by atoms with Crippen LogP contribution >= 0.6 is 0 Å². The minimum atomic E-state index is -0.492. The molecule has 3 aromatic rings. The lowest BCUT2D eigenvalue weighted by atomic mass is 9.73. The number of rotatable bonds is 4. The summed E-state index contributed by atoms with van der Waals surface area (Å²) in [7, 11) is 0. The van der Waals surface area contributed by atoms with Gasteiger partial charge in [-0.1, -0.05) is 68.4 Å². The van der Waals surface area contributed by atoms with Gasteiger partial charge in [0.05, 0.1) is 16.2 Å². The molecular weight excluding hydrogens is 404 g/mol.